The van der Waals surface area contributed by atoms with Crippen LogP contribution in [0, 0.1) is 23.3 Å². The highest BCUT2D eigenvalue weighted by Crippen LogP contribution is 2.33. The van der Waals surface area contributed by atoms with Gasteiger partial charge in [0, 0.05) is 35.7 Å². The van der Waals surface area contributed by atoms with Crippen molar-refractivity contribution in [1.29, 1.82) is 0 Å². The first kappa shape index (κ1) is 19.7. The fourth-order valence-corrected chi connectivity index (χ4v) is 3.25. The second-order valence-electron chi connectivity index (χ2n) is 6.52. The maximum absolute atomic E-state index is 14.5. The standard InChI is InChI=1S/C19H14F4N4O3/c1-29-9-5-13(22)15(14(23)6-9)10-7-24-17(28)16(10)25-19-27-26-18(30-19)8-2-3-11(20)12(21)4-8/h2-6,10,16H,7H2,1H3,(H,24,28)(H,25,27). The lowest BCUT2D eigenvalue weighted by molar-refractivity contribution is -0.119. The number of hydrogen-bond acceptors (Lipinski definition) is 6. The summed E-state index contributed by atoms with van der Waals surface area (Å²) in [5.74, 6) is -5.44. The molecule has 2 atom stereocenters. The van der Waals surface area contributed by atoms with E-state index in [4.69, 9.17) is 9.15 Å². The Morgan fingerprint density at radius 1 is 1.07 bits per heavy atom. The van der Waals surface area contributed by atoms with Gasteiger partial charge < -0.3 is 19.8 Å². The molecule has 2 aromatic carbocycles. The highest BCUT2D eigenvalue weighted by Gasteiger charge is 2.40. The third-order valence-electron chi connectivity index (χ3n) is 4.71. The average Bonchev–Trinajstić information content (AvgIpc) is 3.32. The zero-order chi connectivity index (χ0) is 21.4. The number of halogens is 4. The van der Waals surface area contributed by atoms with Gasteiger partial charge in [-0.1, -0.05) is 5.10 Å². The number of hydrogen-bond donors (Lipinski definition) is 2. The van der Waals surface area contributed by atoms with Gasteiger partial charge >= 0.3 is 6.01 Å². The van der Waals surface area contributed by atoms with Gasteiger partial charge in [-0.3, -0.25) is 4.79 Å². The molecule has 4 rings (SSSR count). The molecule has 2 unspecified atom stereocenters. The Morgan fingerprint density at radius 2 is 1.80 bits per heavy atom. The molecular formula is C19H14F4N4O3. The van der Waals surface area contributed by atoms with E-state index >= 15 is 0 Å². The SMILES string of the molecule is COc1cc(F)c(C2CNC(=O)C2Nc2nnc(-c3ccc(F)c(F)c3)o2)c(F)c1. The van der Waals surface area contributed by atoms with Gasteiger partial charge in [-0.05, 0) is 18.2 Å². The van der Waals surface area contributed by atoms with Gasteiger partial charge in [0.2, 0.25) is 11.8 Å². The van der Waals surface area contributed by atoms with Crippen LogP contribution < -0.4 is 15.4 Å². The molecule has 0 aliphatic carbocycles. The van der Waals surface area contributed by atoms with E-state index in [1.165, 1.54) is 13.2 Å². The molecule has 1 amide bonds. The first-order valence-electron chi connectivity index (χ1n) is 8.73. The van der Waals surface area contributed by atoms with E-state index in [1.807, 2.05) is 0 Å². The summed E-state index contributed by atoms with van der Waals surface area (Å²) in [7, 11) is 1.28. The zero-order valence-corrected chi connectivity index (χ0v) is 15.4. The summed E-state index contributed by atoms with van der Waals surface area (Å²) in [4.78, 5) is 12.2. The molecule has 0 saturated carbocycles. The zero-order valence-electron chi connectivity index (χ0n) is 15.4. The van der Waals surface area contributed by atoms with Gasteiger partial charge in [-0.2, -0.15) is 0 Å². The summed E-state index contributed by atoms with van der Waals surface area (Å²) >= 11 is 0. The fourth-order valence-electron chi connectivity index (χ4n) is 3.25. The average molecular weight is 422 g/mol. The molecule has 2 heterocycles. The minimum atomic E-state index is -1.11. The lowest BCUT2D eigenvalue weighted by atomic mass is 9.93. The summed E-state index contributed by atoms with van der Waals surface area (Å²) in [6.45, 7) is -0.0269. The van der Waals surface area contributed by atoms with Crippen LogP contribution in [0.1, 0.15) is 11.5 Å². The van der Waals surface area contributed by atoms with Crippen LogP contribution in [-0.4, -0.2) is 35.8 Å². The Hall–Kier alpha value is -3.63. The fraction of sp³-hybridized carbons (Fsp3) is 0.211. The van der Waals surface area contributed by atoms with Crippen LogP contribution in [0.5, 0.6) is 5.75 Å². The van der Waals surface area contributed by atoms with Crippen LogP contribution in [0.15, 0.2) is 34.7 Å². The van der Waals surface area contributed by atoms with Crippen molar-refractivity contribution in [2.24, 2.45) is 0 Å². The van der Waals surface area contributed by atoms with Crippen molar-refractivity contribution in [1.82, 2.24) is 15.5 Å². The Labute approximate surface area is 167 Å². The molecular weight excluding hydrogens is 408 g/mol. The van der Waals surface area contributed by atoms with E-state index in [0.29, 0.717) is 0 Å². The molecule has 0 radical (unpaired) electrons. The van der Waals surface area contributed by atoms with E-state index in [0.717, 1.165) is 24.3 Å². The summed E-state index contributed by atoms with van der Waals surface area (Å²) in [5, 5.41) is 12.6. The molecule has 1 fully saturated rings. The van der Waals surface area contributed by atoms with Crippen LogP contribution in [0.25, 0.3) is 11.5 Å². The van der Waals surface area contributed by atoms with E-state index < -0.39 is 41.1 Å². The van der Waals surface area contributed by atoms with E-state index in [9.17, 15) is 22.4 Å². The number of methoxy groups -OCH3 is 1. The Morgan fingerprint density at radius 3 is 2.47 bits per heavy atom. The van der Waals surface area contributed by atoms with E-state index in [2.05, 4.69) is 20.8 Å². The number of ether oxygens (including phenoxy) is 1. The predicted octanol–water partition coefficient (Wildman–Crippen LogP) is 3.00. The molecule has 1 aliphatic heterocycles. The normalized spacial score (nSPS) is 18.4. The topological polar surface area (TPSA) is 89.3 Å². The monoisotopic (exact) mass is 422 g/mol. The Bertz CT molecular complexity index is 1100. The maximum atomic E-state index is 14.5. The molecule has 11 heteroatoms. The summed E-state index contributed by atoms with van der Waals surface area (Å²) < 4.78 is 65.6. The number of anilines is 1. The highest BCUT2D eigenvalue weighted by atomic mass is 19.2. The van der Waals surface area contributed by atoms with Gasteiger partial charge in [0.1, 0.15) is 23.4 Å². The Balaban J connectivity index is 1.60. The molecule has 0 spiro atoms. The third kappa shape index (κ3) is 3.53. The minimum Gasteiger partial charge on any atom is -0.497 e. The lowest BCUT2D eigenvalue weighted by Crippen LogP contribution is -2.33. The third-order valence-corrected chi connectivity index (χ3v) is 4.71. The molecule has 1 aliphatic rings. The van der Waals surface area contributed by atoms with Crippen LogP contribution >= 0.6 is 0 Å². The van der Waals surface area contributed by atoms with E-state index in [-0.39, 0.29) is 35.3 Å². The molecule has 30 heavy (non-hydrogen) atoms. The van der Waals surface area contributed by atoms with Gasteiger partial charge in [-0.25, -0.2) is 17.6 Å². The number of nitrogens with zero attached hydrogens (tertiary/aromatic N) is 2. The first-order valence-corrected chi connectivity index (χ1v) is 8.73. The Kier molecular flexibility index (Phi) is 5.02. The molecule has 2 N–H and O–H groups in total. The van der Waals surface area contributed by atoms with Gasteiger partial charge in [0.15, 0.2) is 11.6 Å². The molecule has 3 aromatic rings. The van der Waals surface area contributed by atoms with Crippen molar-refractivity contribution in [2.75, 3.05) is 19.0 Å². The molecule has 0 bridgehead atoms. The maximum Gasteiger partial charge on any atom is 0.316 e. The van der Waals surface area contributed by atoms with Crippen molar-refractivity contribution >= 4 is 11.9 Å². The number of benzene rings is 2. The van der Waals surface area contributed by atoms with Crippen molar-refractivity contribution in [2.45, 2.75) is 12.0 Å². The first-order chi connectivity index (χ1) is 14.4. The van der Waals surface area contributed by atoms with Crippen molar-refractivity contribution < 1.29 is 31.5 Å². The smallest absolute Gasteiger partial charge is 0.316 e. The number of carbonyl (C=O) groups is 1. The quantitative estimate of drug-likeness (QED) is 0.615. The minimum absolute atomic E-state index is 0.00335. The number of nitrogens with one attached hydrogen (secondary N) is 2. The van der Waals surface area contributed by atoms with Gasteiger partial charge in [-0.15, -0.1) is 5.10 Å². The molecule has 7 nitrogen and oxygen atoms in total. The summed E-state index contributed by atoms with van der Waals surface area (Å²) in [5.41, 5.74) is -0.180. The van der Waals surface area contributed by atoms with Crippen molar-refractivity contribution in [3.63, 3.8) is 0 Å². The lowest BCUT2D eigenvalue weighted by Gasteiger charge is -2.19. The van der Waals surface area contributed by atoms with Gasteiger partial charge in [0.05, 0.1) is 7.11 Å². The number of carbonyl (C=O) groups excluding carboxylic acids is 1. The highest BCUT2D eigenvalue weighted by molar-refractivity contribution is 5.88. The second-order valence-corrected chi connectivity index (χ2v) is 6.52. The number of amides is 1. The molecule has 1 aromatic heterocycles. The van der Waals surface area contributed by atoms with E-state index in [1.54, 1.807) is 0 Å². The van der Waals surface area contributed by atoms with Crippen LogP contribution in [0.3, 0.4) is 0 Å². The second kappa shape index (κ2) is 7.65. The van der Waals surface area contributed by atoms with Crippen molar-refractivity contribution in [3.05, 3.63) is 59.2 Å². The number of rotatable bonds is 5. The predicted molar refractivity (Wildman–Crippen MR) is 95.7 cm³/mol. The van der Waals surface area contributed by atoms with Crippen LogP contribution in [0.4, 0.5) is 23.6 Å². The van der Waals surface area contributed by atoms with Crippen molar-refractivity contribution in [3.8, 4) is 17.2 Å². The largest absolute Gasteiger partial charge is 0.497 e. The summed E-state index contributed by atoms with van der Waals surface area (Å²) in [6, 6.07) is 3.72. The van der Waals surface area contributed by atoms with Gasteiger partial charge in [0.25, 0.3) is 0 Å². The number of aromatic nitrogens is 2. The molecule has 156 valence electrons. The molecule has 1 saturated heterocycles. The van der Waals surface area contributed by atoms with Crippen LogP contribution in [0.2, 0.25) is 0 Å². The summed E-state index contributed by atoms with van der Waals surface area (Å²) in [6.07, 6.45) is 0. The van der Waals surface area contributed by atoms with Crippen LogP contribution in [-0.2, 0) is 4.79 Å².